The molecule has 0 atom stereocenters. The number of hydrogen-bond donors (Lipinski definition) is 5. The fraction of sp³-hybridized carbons (Fsp3) is 0. The number of primary amides is 1. The number of carbonyl (C=O) groups is 1. The molecule has 1 aromatic heterocycles. The van der Waals surface area contributed by atoms with Crippen LogP contribution >= 0.6 is 0 Å². The monoisotopic (exact) mass is 287 g/mol. The van der Waals surface area contributed by atoms with Gasteiger partial charge in [0, 0.05) is 11.1 Å². The van der Waals surface area contributed by atoms with Gasteiger partial charge in [0.1, 0.15) is 12.1 Å². The van der Waals surface area contributed by atoms with Gasteiger partial charge in [0.05, 0.1) is 5.56 Å². The van der Waals surface area contributed by atoms with Gasteiger partial charge in [-0.1, -0.05) is 29.4 Å². The SMILES string of the molecule is N=C(N)c1ccc(-c2coc(C(N)=NO)c2C(N)=O)cc1. The van der Waals surface area contributed by atoms with Gasteiger partial charge in [-0.25, -0.2) is 0 Å². The van der Waals surface area contributed by atoms with E-state index in [1.165, 1.54) is 6.26 Å². The molecule has 0 spiro atoms. The number of nitrogens with zero attached hydrogens (tertiary/aromatic N) is 1. The van der Waals surface area contributed by atoms with Crippen LogP contribution < -0.4 is 17.2 Å². The molecule has 2 aromatic rings. The highest BCUT2D eigenvalue weighted by Gasteiger charge is 2.22. The number of rotatable bonds is 4. The lowest BCUT2D eigenvalue weighted by Crippen LogP contribution is -2.20. The van der Waals surface area contributed by atoms with E-state index in [1.54, 1.807) is 24.3 Å². The van der Waals surface area contributed by atoms with E-state index in [0.29, 0.717) is 16.7 Å². The second-order valence-corrected chi connectivity index (χ2v) is 4.19. The van der Waals surface area contributed by atoms with E-state index < -0.39 is 5.91 Å². The molecule has 1 heterocycles. The molecular weight excluding hydrogens is 274 g/mol. The number of amidine groups is 2. The first-order chi connectivity index (χ1) is 9.95. The van der Waals surface area contributed by atoms with Crippen LogP contribution in [0.2, 0.25) is 0 Å². The van der Waals surface area contributed by atoms with E-state index in [0.717, 1.165) is 0 Å². The predicted octanol–water partition coefficient (Wildman–Crippen LogP) is 0.424. The zero-order valence-corrected chi connectivity index (χ0v) is 10.8. The fourth-order valence-corrected chi connectivity index (χ4v) is 1.88. The van der Waals surface area contributed by atoms with Gasteiger partial charge in [-0.2, -0.15) is 0 Å². The van der Waals surface area contributed by atoms with Crippen LogP contribution in [0.25, 0.3) is 11.1 Å². The van der Waals surface area contributed by atoms with Crippen LogP contribution in [0.5, 0.6) is 0 Å². The summed E-state index contributed by atoms with van der Waals surface area (Å²) in [5.74, 6) is -1.29. The molecule has 0 saturated carbocycles. The lowest BCUT2D eigenvalue weighted by atomic mass is 10.0. The normalized spacial score (nSPS) is 11.3. The van der Waals surface area contributed by atoms with E-state index in [4.69, 9.17) is 32.2 Å². The van der Waals surface area contributed by atoms with E-state index in [2.05, 4.69) is 5.16 Å². The smallest absolute Gasteiger partial charge is 0.253 e. The van der Waals surface area contributed by atoms with Crippen LogP contribution in [0.1, 0.15) is 21.7 Å². The molecule has 0 fully saturated rings. The van der Waals surface area contributed by atoms with Crippen LogP contribution in [0.4, 0.5) is 0 Å². The van der Waals surface area contributed by atoms with Crippen LogP contribution in [0.3, 0.4) is 0 Å². The largest absolute Gasteiger partial charge is 0.459 e. The Bertz CT molecular complexity index is 731. The number of amides is 1. The van der Waals surface area contributed by atoms with Crippen molar-refractivity contribution in [2.75, 3.05) is 0 Å². The second-order valence-electron chi connectivity index (χ2n) is 4.19. The highest BCUT2D eigenvalue weighted by atomic mass is 16.4. The molecule has 0 bridgehead atoms. The van der Waals surface area contributed by atoms with Gasteiger partial charge < -0.3 is 26.8 Å². The first-order valence-corrected chi connectivity index (χ1v) is 5.79. The standard InChI is InChI=1S/C13H13N5O3/c14-11(15)7-3-1-6(2-4-7)8-5-21-10(12(16)18-20)9(8)13(17)19/h1-5,20H,(H3,14,15)(H2,16,18)(H2,17,19). The quantitative estimate of drug-likeness (QED) is 0.237. The van der Waals surface area contributed by atoms with Crippen molar-refractivity contribution in [3.63, 3.8) is 0 Å². The first-order valence-electron chi connectivity index (χ1n) is 5.79. The van der Waals surface area contributed by atoms with Gasteiger partial charge in [0.2, 0.25) is 5.84 Å². The maximum Gasteiger partial charge on any atom is 0.253 e. The van der Waals surface area contributed by atoms with Gasteiger partial charge in [-0.05, 0) is 5.56 Å². The van der Waals surface area contributed by atoms with Crippen molar-refractivity contribution in [2.24, 2.45) is 22.4 Å². The topological polar surface area (TPSA) is 165 Å². The number of nitrogen functional groups attached to an aromatic ring is 1. The Morgan fingerprint density at radius 3 is 2.29 bits per heavy atom. The maximum absolute atomic E-state index is 11.6. The van der Waals surface area contributed by atoms with Crippen LogP contribution in [-0.2, 0) is 0 Å². The molecule has 8 nitrogen and oxygen atoms in total. The average Bonchev–Trinajstić information content (AvgIpc) is 2.91. The molecule has 0 radical (unpaired) electrons. The van der Waals surface area contributed by atoms with Crippen molar-refractivity contribution in [1.29, 1.82) is 5.41 Å². The molecular formula is C13H13N5O3. The second kappa shape index (κ2) is 5.37. The van der Waals surface area contributed by atoms with E-state index >= 15 is 0 Å². The summed E-state index contributed by atoms with van der Waals surface area (Å²) in [5, 5.41) is 18.8. The lowest BCUT2D eigenvalue weighted by molar-refractivity contribution is 0.1000. The van der Waals surface area contributed by atoms with Crippen LogP contribution in [0, 0.1) is 5.41 Å². The van der Waals surface area contributed by atoms with E-state index in [9.17, 15) is 4.79 Å². The third-order valence-electron chi connectivity index (χ3n) is 2.88. The van der Waals surface area contributed by atoms with Gasteiger partial charge in [-0.15, -0.1) is 0 Å². The van der Waals surface area contributed by atoms with Gasteiger partial charge >= 0.3 is 0 Å². The molecule has 2 rings (SSSR count). The zero-order valence-electron chi connectivity index (χ0n) is 10.8. The minimum Gasteiger partial charge on any atom is -0.459 e. The summed E-state index contributed by atoms with van der Waals surface area (Å²) in [6, 6.07) is 6.56. The predicted molar refractivity (Wildman–Crippen MR) is 76.2 cm³/mol. The Labute approximate surface area is 119 Å². The van der Waals surface area contributed by atoms with Gasteiger partial charge in [-0.3, -0.25) is 10.2 Å². The van der Waals surface area contributed by atoms with Gasteiger partial charge in [0.15, 0.2) is 5.76 Å². The Morgan fingerprint density at radius 2 is 1.81 bits per heavy atom. The molecule has 0 unspecified atom stereocenters. The molecule has 0 aliphatic carbocycles. The first kappa shape index (κ1) is 14.1. The Kier molecular flexibility index (Phi) is 3.61. The molecule has 108 valence electrons. The van der Waals surface area contributed by atoms with Crippen LogP contribution in [0.15, 0.2) is 40.1 Å². The molecule has 1 amide bonds. The summed E-state index contributed by atoms with van der Waals surface area (Å²) in [5.41, 5.74) is 17.7. The molecule has 8 N–H and O–H groups in total. The average molecular weight is 287 g/mol. The van der Waals surface area contributed by atoms with E-state index in [1.807, 2.05) is 0 Å². The molecule has 8 heteroatoms. The number of benzene rings is 1. The maximum atomic E-state index is 11.6. The van der Waals surface area contributed by atoms with E-state index in [-0.39, 0.29) is 23.0 Å². The van der Waals surface area contributed by atoms with Crippen molar-refractivity contribution >= 4 is 17.6 Å². The number of furan rings is 1. The van der Waals surface area contributed by atoms with Gasteiger partial charge in [0.25, 0.3) is 5.91 Å². The molecule has 21 heavy (non-hydrogen) atoms. The Morgan fingerprint density at radius 1 is 1.19 bits per heavy atom. The fourth-order valence-electron chi connectivity index (χ4n) is 1.88. The molecule has 1 aromatic carbocycles. The third-order valence-corrected chi connectivity index (χ3v) is 2.88. The Hall–Kier alpha value is -3.29. The van der Waals surface area contributed by atoms with Crippen LogP contribution in [-0.4, -0.2) is 22.8 Å². The number of carbonyl (C=O) groups excluding carboxylic acids is 1. The van der Waals surface area contributed by atoms with Crippen molar-refractivity contribution in [1.82, 2.24) is 0 Å². The number of oxime groups is 1. The zero-order chi connectivity index (χ0) is 15.6. The van der Waals surface area contributed by atoms with Crippen molar-refractivity contribution in [3.8, 4) is 11.1 Å². The minimum atomic E-state index is -0.768. The number of nitrogens with two attached hydrogens (primary N) is 3. The summed E-state index contributed by atoms with van der Waals surface area (Å²) in [6.07, 6.45) is 1.29. The summed E-state index contributed by atoms with van der Waals surface area (Å²) >= 11 is 0. The summed E-state index contributed by atoms with van der Waals surface area (Å²) in [7, 11) is 0. The molecule has 0 aliphatic heterocycles. The highest BCUT2D eigenvalue weighted by molar-refractivity contribution is 6.10. The Balaban J connectivity index is 2.56. The third kappa shape index (κ3) is 2.54. The molecule has 0 aliphatic rings. The number of hydrogen-bond acceptors (Lipinski definition) is 5. The lowest BCUT2D eigenvalue weighted by Gasteiger charge is -2.03. The highest BCUT2D eigenvalue weighted by Crippen LogP contribution is 2.28. The minimum absolute atomic E-state index is 0.0147. The summed E-state index contributed by atoms with van der Waals surface area (Å²) < 4.78 is 5.16. The number of nitrogens with one attached hydrogen (secondary N) is 1. The van der Waals surface area contributed by atoms with Crippen molar-refractivity contribution < 1.29 is 14.4 Å². The summed E-state index contributed by atoms with van der Waals surface area (Å²) in [4.78, 5) is 11.6. The van der Waals surface area contributed by atoms with Crippen molar-refractivity contribution in [3.05, 3.63) is 47.4 Å². The molecule has 0 saturated heterocycles. The van der Waals surface area contributed by atoms with Crippen molar-refractivity contribution in [2.45, 2.75) is 0 Å². The summed E-state index contributed by atoms with van der Waals surface area (Å²) in [6.45, 7) is 0.